The van der Waals surface area contributed by atoms with Crippen molar-refractivity contribution >= 4 is 11.4 Å². The third-order valence-corrected chi connectivity index (χ3v) is 2.20. The average Bonchev–Trinajstić information content (AvgIpc) is 2.62. The van der Waals surface area contributed by atoms with Crippen molar-refractivity contribution in [2.45, 2.75) is 0 Å². The normalized spacial score (nSPS) is 16.6. The van der Waals surface area contributed by atoms with Crippen molar-refractivity contribution in [2.75, 3.05) is 0 Å². The van der Waals surface area contributed by atoms with Crippen LogP contribution in [0.15, 0.2) is 40.5 Å². The van der Waals surface area contributed by atoms with E-state index < -0.39 is 0 Å². The Morgan fingerprint density at radius 2 is 2.15 bits per heavy atom. The van der Waals surface area contributed by atoms with Crippen LogP contribution in [0.4, 0.5) is 0 Å². The topological polar surface area (TPSA) is 45.0 Å². The molecule has 1 N–H and O–H groups in total. The van der Waals surface area contributed by atoms with Gasteiger partial charge in [-0.05, 0) is 18.2 Å². The Morgan fingerprint density at radius 3 is 3.08 bits per heavy atom. The van der Waals surface area contributed by atoms with Gasteiger partial charge in [0.1, 0.15) is 5.75 Å². The summed E-state index contributed by atoms with van der Waals surface area (Å²) in [6.07, 6.45) is 3.56. The summed E-state index contributed by atoms with van der Waals surface area (Å²) in [5.41, 5.74) is 0.924. The summed E-state index contributed by atoms with van der Waals surface area (Å²) in [7, 11) is 0. The molecule has 0 saturated carbocycles. The van der Waals surface area contributed by atoms with Gasteiger partial charge in [0, 0.05) is 11.8 Å². The molecule has 0 radical (unpaired) electrons. The summed E-state index contributed by atoms with van der Waals surface area (Å²) >= 11 is 0. The van der Waals surface area contributed by atoms with E-state index in [9.17, 15) is 5.11 Å². The van der Waals surface area contributed by atoms with Crippen molar-refractivity contribution in [3.8, 4) is 5.75 Å². The molecule has 2 aliphatic heterocycles. The third kappa shape index (κ3) is 0.731. The van der Waals surface area contributed by atoms with Crippen LogP contribution in [0.5, 0.6) is 5.75 Å². The van der Waals surface area contributed by atoms with Crippen molar-refractivity contribution in [1.29, 1.82) is 0 Å². The monoisotopic (exact) mass is 170 g/mol. The minimum Gasteiger partial charge on any atom is -0.507 e. The summed E-state index contributed by atoms with van der Waals surface area (Å²) in [6, 6.07) is 5.32. The fraction of sp³-hybridized carbons (Fsp3) is 0. The number of aromatic hydroxyl groups is 1. The predicted molar refractivity (Wildman–Crippen MR) is 48.9 cm³/mol. The Morgan fingerprint density at radius 1 is 1.23 bits per heavy atom. The first-order chi connectivity index (χ1) is 6.36. The standard InChI is InChI=1S/C10H6N2O/c13-8-3-1-2-7-9(8)6-4-5-11-10(6)12-7/h1-5,13H. The lowest BCUT2D eigenvalue weighted by atomic mass is 10.2. The van der Waals surface area contributed by atoms with E-state index in [2.05, 4.69) is 9.98 Å². The van der Waals surface area contributed by atoms with Gasteiger partial charge in [0.05, 0.1) is 10.6 Å². The molecule has 3 heteroatoms. The highest BCUT2D eigenvalue weighted by atomic mass is 16.3. The first-order valence-corrected chi connectivity index (χ1v) is 4.02. The minimum absolute atomic E-state index is 0.271. The van der Waals surface area contributed by atoms with Gasteiger partial charge in [0.25, 0.3) is 0 Å². The maximum absolute atomic E-state index is 9.61. The number of benzene rings is 1. The smallest absolute Gasteiger partial charge is 0.160 e. The first kappa shape index (κ1) is 6.60. The second kappa shape index (κ2) is 2.07. The van der Waals surface area contributed by atoms with E-state index in [1.165, 1.54) is 0 Å². The second-order valence-corrected chi connectivity index (χ2v) is 2.97. The van der Waals surface area contributed by atoms with Gasteiger partial charge >= 0.3 is 0 Å². The lowest BCUT2D eigenvalue weighted by Crippen LogP contribution is -2.22. The second-order valence-electron chi connectivity index (χ2n) is 2.97. The van der Waals surface area contributed by atoms with Gasteiger partial charge in [0.2, 0.25) is 0 Å². The number of nitrogens with zero attached hydrogens (tertiary/aromatic N) is 2. The van der Waals surface area contributed by atoms with Gasteiger partial charge in [-0.25, -0.2) is 9.98 Å². The van der Waals surface area contributed by atoms with E-state index in [-0.39, 0.29) is 5.75 Å². The summed E-state index contributed by atoms with van der Waals surface area (Å²) in [5, 5.41) is 11.2. The molecular formula is C10H6N2O. The Balaban J connectivity index is 2.61. The van der Waals surface area contributed by atoms with Crippen molar-refractivity contribution in [3.63, 3.8) is 0 Å². The summed E-state index contributed by atoms with van der Waals surface area (Å²) < 4.78 is 0. The van der Waals surface area contributed by atoms with Gasteiger partial charge in [0.15, 0.2) is 5.84 Å². The number of hydrogen-bond donors (Lipinski definition) is 1. The van der Waals surface area contributed by atoms with Crippen molar-refractivity contribution in [1.82, 2.24) is 0 Å². The number of aliphatic imine (C=N–C) groups is 1. The van der Waals surface area contributed by atoms with Crippen LogP contribution in [-0.4, -0.2) is 10.9 Å². The predicted octanol–water partition coefficient (Wildman–Crippen LogP) is 0.102. The first-order valence-electron chi connectivity index (χ1n) is 4.02. The summed E-state index contributed by atoms with van der Waals surface area (Å²) in [4.78, 5) is 8.34. The fourth-order valence-corrected chi connectivity index (χ4v) is 1.62. The summed E-state index contributed by atoms with van der Waals surface area (Å²) in [6.45, 7) is 0. The highest BCUT2D eigenvalue weighted by Gasteiger charge is 2.16. The van der Waals surface area contributed by atoms with Crippen LogP contribution in [0.1, 0.15) is 0 Å². The molecule has 0 bridgehead atoms. The molecule has 0 spiro atoms. The molecule has 0 aromatic heterocycles. The molecule has 0 amide bonds. The Labute approximate surface area is 74.1 Å². The van der Waals surface area contributed by atoms with E-state index in [1.807, 2.05) is 12.1 Å². The maximum Gasteiger partial charge on any atom is 0.160 e. The van der Waals surface area contributed by atoms with Gasteiger partial charge in [-0.1, -0.05) is 6.07 Å². The molecule has 0 unspecified atom stereocenters. The van der Waals surface area contributed by atoms with Gasteiger partial charge in [-0.15, -0.1) is 0 Å². The molecule has 2 heterocycles. The maximum atomic E-state index is 9.61. The zero-order valence-corrected chi connectivity index (χ0v) is 6.73. The van der Waals surface area contributed by atoms with Crippen LogP contribution < -0.4 is 10.6 Å². The molecule has 3 nitrogen and oxygen atoms in total. The van der Waals surface area contributed by atoms with E-state index in [0.29, 0.717) is 5.84 Å². The number of phenols is 1. The Hall–Kier alpha value is -1.90. The largest absolute Gasteiger partial charge is 0.507 e. The molecule has 1 aromatic carbocycles. The van der Waals surface area contributed by atoms with Crippen LogP contribution in [-0.2, 0) is 0 Å². The van der Waals surface area contributed by atoms with E-state index in [4.69, 9.17) is 0 Å². The molecule has 3 rings (SSSR count). The number of fused-ring (bicyclic) bond motifs is 2. The molecule has 13 heavy (non-hydrogen) atoms. The molecule has 0 aliphatic carbocycles. The molecule has 1 aromatic rings. The van der Waals surface area contributed by atoms with Crippen molar-refractivity contribution in [3.05, 3.63) is 41.1 Å². The Bertz CT molecular complexity index is 567. The van der Waals surface area contributed by atoms with E-state index in [1.54, 1.807) is 18.3 Å². The van der Waals surface area contributed by atoms with Crippen LogP contribution in [0, 0.1) is 0 Å². The molecule has 0 atom stereocenters. The Kier molecular flexibility index (Phi) is 1.05. The SMILES string of the molecule is Oc1cccc2c1=C1C=CN=C1N=2. The average molecular weight is 170 g/mol. The summed E-state index contributed by atoms with van der Waals surface area (Å²) in [5.74, 6) is 0.976. The van der Waals surface area contributed by atoms with Crippen molar-refractivity contribution < 1.29 is 5.11 Å². The minimum atomic E-state index is 0.271. The van der Waals surface area contributed by atoms with Crippen LogP contribution in [0.25, 0.3) is 5.57 Å². The third-order valence-electron chi connectivity index (χ3n) is 2.20. The molecular weight excluding hydrogens is 164 g/mol. The van der Waals surface area contributed by atoms with Crippen LogP contribution in [0.3, 0.4) is 0 Å². The van der Waals surface area contributed by atoms with Gasteiger partial charge in [-0.3, -0.25) is 0 Å². The van der Waals surface area contributed by atoms with E-state index in [0.717, 1.165) is 16.1 Å². The highest BCUT2D eigenvalue weighted by molar-refractivity contribution is 6.24. The highest BCUT2D eigenvalue weighted by Crippen LogP contribution is 2.13. The zero-order valence-electron chi connectivity index (χ0n) is 6.73. The quantitative estimate of drug-likeness (QED) is 0.589. The van der Waals surface area contributed by atoms with Gasteiger partial charge in [-0.2, -0.15) is 0 Å². The zero-order chi connectivity index (χ0) is 8.84. The lowest BCUT2D eigenvalue weighted by molar-refractivity contribution is 0.470. The fourth-order valence-electron chi connectivity index (χ4n) is 1.62. The van der Waals surface area contributed by atoms with Crippen molar-refractivity contribution in [2.24, 2.45) is 9.98 Å². The number of amidine groups is 1. The van der Waals surface area contributed by atoms with Crippen LogP contribution >= 0.6 is 0 Å². The lowest BCUT2D eigenvalue weighted by Gasteiger charge is -1.90. The van der Waals surface area contributed by atoms with Gasteiger partial charge < -0.3 is 5.11 Å². The molecule has 0 saturated heterocycles. The number of hydrogen-bond acceptors (Lipinski definition) is 3. The van der Waals surface area contributed by atoms with E-state index >= 15 is 0 Å². The number of rotatable bonds is 0. The number of phenolic OH excluding ortho intramolecular Hbond substituents is 1. The van der Waals surface area contributed by atoms with Crippen LogP contribution in [0.2, 0.25) is 0 Å². The molecule has 2 aliphatic rings. The molecule has 62 valence electrons. The molecule has 0 fully saturated rings.